The molecule has 3 aromatic rings. The number of anilines is 1. The van der Waals surface area contributed by atoms with E-state index in [1.807, 2.05) is 24.5 Å². The maximum atomic E-state index is 4.67. The lowest BCUT2D eigenvalue weighted by Gasteiger charge is -2.32. The van der Waals surface area contributed by atoms with Crippen LogP contribution in [0, 0.1) is 0 Å². The number of piperidine rings is 1. The molecule has 0 unspecified atom stereocenters. The number of rotatable bonds is 5. The minimum absolute atomic E-state index is 0.411. The number of aromatic nitrogens is 5. The van der Waals surface area contributed by atoms with Crippen LogP contribution in [0.5, 0.6) is 0 Å². The molecule has 6 nitrogen and oxygen atoms in total. The molecule has 26 heavy (non-hydrogen) atoms. The van der Waals surface area contributed by atoms with Gasteiger partial charge in [0.15, 0.2) is 0 Å². The predicted octanol–water partition coefficient (Wildman–Crippen LogP) is 3.69. The molecule has 0 aliphatic carbocycles. The molecule has 7 heteroatoms. The maximum Gasteiger partial charge on any atom is 0.208 e. The van der Waals surface area contributed by atoms with E-state index >= 15 is 0 Å². The van der Waals surface area contributed by atoms with Crippen molar-refractivity contribution in [3.05, 3.63) is 53.3 Å². The standard InChI is InChI=1S/C19H24N6S/c1-14(2)18-22-23-19(26-18)25-10-5-6-15(12-25)17-21-9-11-24(17)13-16-7-3-4-8-20-16/h3-4,7-9,11,14-15H,5-6,10,12-13H2,1-2H3/t15-/m0/s1. The van der Waals surface area contributed by atoms with Crippen LogP contribution in [0.15, 0.2) is 36.8 Å². The summed E-state index contributed by atoms with van der Waals surface area (Å²) in [6, 6.07) is 6.04. The van der Waals surface area contributed by atoms with E-state index in [2.05, 4.69) is 55.7 Å². The van der Waals surface area contributed by atoms with Gasteiger partial charge >= 0.3 is 0 Å². The minimum Gasteiger partial charge on any atom is -0.346 e. The van der Waals surface area contributed by atoms with Crippen molar-refractivity contribution in [3.8, 4) is 0 Å². The van der Waals surface area contributed by atoms with Crippen molar-refractivity contribution in [2.75, 3.05) is 18.0 Å². The van der Waals surface area contributed by atoms with Gasteiger partial charge in [0.05, 0.1) is 12.2 Å². The van der Waals surface area contributed by atoms with E-state index < -0.39 is 0 Å². The zero-order valence-electron chi connectivity index (χ0n) is 15.2. The van der Waals surface area contributed by atoms with E-state index in [1.165, 1.54) is 0 Å². The van der Waals surface area contributed by atoms with Crippen LogP contribution in [-0.4, -0.2) is 37.8 Å². The highest BCUT2D eigenvalue weighted by Crippen LogP contribution is 2.32. The van der Waals surface area contributed by atoms with Crippen molar-refractivity contribution in [3.63, 3.8) is 0 Å². The van der Waals surface area contributed by atoms with Crippen molar-refractivity contribution in [1.82, 2.24) is 24.7 Å². The predicted molar refractivity (Wildman–Crippen MR) is 104 cm³/mol. The van der Waals surface area contributed by atoms with Crippen molar-refractivity contribution in [2.24, 2.45) is 0 Å². The summed E-state index contributed by atoms with van der Waals surface area (Å²) < 4.78 is 2.23. The molecule has 0 saturated carbocycles. The van der Waals surface area contributed by atoms with E-state index in [-0.39, 0.29) is 0 Å². The van der Waals surface area contributed by atoms with Crippen molar-refractivity contribution in [2.45, 2.75) is 45.1 Å². The van der Waals surface area contributed by atoms with E-state index in [9.17, 15) is 0 Å². The van der Waals surface area contributed by atoms with Gasteiger partial charge in [-0.2, -0.15) is 0 Å². The van der Waals surface area contributed by atoms with Crippen molar-refractivity contribution >= 4 is 16.5 Å². The molecule has 1 aliphatic rings. The van der Waals surface area contributed by atoms with Gasteiger partial charge in [0, 0.05) is 43.5 Å². The minimum atomic E-state index is 0.411. The molecular formula is C19H24N6S. The Labute approximate surface area is 157 Å². The van der Waals surface area contributed by atoms with Crippen molar-refractivity contribution < 1.29 is 0 Å². The second-order valence-corrected chi connectivity index (χ2v) is 8.08. The molecule has 1 atom stereocenters. The molecule has 3 aromatic heterocycles. The lowest BCUT2D eigenvalue weighted by Crippen LogP contribution is -2.35. The fourth-order valence-electron chi connectivity index (χ4n) is 3.43. The summed E-state index contributed by atoms with van der Waals surface area (Å²) >= 11 is 1.72. The second-order valence-electron chi connectivity index (χ2n) is 7.10. The van der Waals surface area contributed by atoms with Crippen LogP contribution < -0.4 is 4.90 Å². The molecule has 0 amide bonds. The van der Waals surface area contributed by atoms with E-state index in [1.54, 1.807) is 11.3 Å². The summed E-state index contributed by atoms with van der Waals surface area (Å²) in [7, 11) is 0. The first kappa shape index (κ1) is 17.1. The van der Waals surface area contributed by atoms with Gasteiger partial charge in [-0.3, -0.25) is 4.98 Å². The maximum absolute atomic E-state index is 4.67. The van der Waals surface area contributed by atoms with Crippen LogP contribution >= 0.6 is 11.3 Å². The van der Waals surface area contributed by atoms with Gasteiger partial charge < -0.3 is 9.47 Å². The second kappa shape index (κ2) is 7.53. The topological polar surface area (TPSA) is 59.7 Å². The Hall–Kier alpha value is -2.28. The molecule has 0 N–H and O–H groups in total. The first-order chi connectivity index (χ1) is 12.7. The Morgan fingerprint density at radius 3 is 2.88 bits per heavy atom. The van der Waals surface area contributed by atoms with Gasteiger partial charge in [0.1, 0.15) is 10.8 Å². The first-order valence-electron chi connectivity index (χ1n) is 9.20. The third-order valence-electron chi connectivity index (χ3n) is 4.79. The number of hydrogen-bond acceptors (Lipinski definition) is 6. The highest BCUT2D eigenvalue weighted by molar-refractivity contribution is 7.15. The molecule has 0 spiro atoms. The van der Waals surface area contributed by atoms with Crippen molar-refractivity contribution in [1.29, 1.82) is 0 Å². The van der Waals surface area contributed by atoms with Gasteiger partial charge in [0.2, 0.25) is 5.13 Å². The third kappa shape index (κ3) is 3.62. The normalized spacial score (nSPS) is 17.8. The Kier molecular flexibility index (Phi) is 4.97. The van der Waals surface area contributed by atoms with Crippen LogP contribution in [0.1, 0.15) is 55.1 Å². The number of nitrogens with zero attached hydrogens (tertiary/aromatic N) is 6. The summed E-state index contributed by atoms with van der Waals surface area (Å²) in [6.45, 7) is 7.09. The zero-order chi connectivity index (χ0) is 17.9. The fourth-order valence-corrected chi connectivity index (χ4v) is 4.31. The molecule has 136 valence electrons. The Morgan fingerprint density at radius 2 is 2.12 bits per heavy atom. The number of hydrogen-bond donors (Lipinski definition) is 0. The van der Waals surface area contributed by atoms with Gasteiger partial charge in [0.25, 0.3) is 0 Å². The number of imidazole rings is 1. The van der Waals surface area contributed by atoms with Gasteiger partial charge in [-0.05, 0) is 25.0 Å². The summed E-state index contributed by atoms with van der Waals surface area (Å²) in [5.41, 5.74) is 1.06. The Balaban J connectivity index is 1.50. The van der Waals surface area contributed by atoms with E-state index in [0.29, 0.717) is 11.8 Å². The van der Waals surface area contributed by atoms with Crippen LogP contribution in [0.25, 0.3) is 0 Å². The van der Waals surface area contributed by atoms with Gasteiger partial charge in [-0.25, -0.2) is 4.98 Å². The summed E-state index contributed by atoms with van der Waals surface area (Å²) in [6.07, 6.45) is 8.11. The molecule has 0 bridgehead atoms. The van der Waals surface area contributed by atoms with Crippen LogP contribution in [0.4, 0.5) is 5.13 Å². The fraction of sp³-hybridized carbons (Fsp3) is 0.474. The molecule has 1 saturated heterocycles. The molecular weight excluding hydrogens is 344 g/mol. The van der Waals surface area contributed by atoms with E-state index in [0.717, 1.165) is 54.1 Å². The quantitative estimate of drug-likeness (QED) is 0.687. The van der Waals surface area contributed by atoms with Crippen LogP contribution in [0.2, 0.25) is 0 Å². The van der Waals surface area contributed by atoms with E-state index in [4.69, 9.17) is 0 Å². The monoisotopic (exact) mass is 368 g/mol. The average Bonchev–Trinajstić information content (AvgIpc) is 3.32. The van der Waals surface area contributed by atoms with Crippen LogP contribution in [0.3, 0.4) is 0 Å². The molecule has 0 aromatic carbocycles. The van der Waals surface area contributed by atoms with Gasteiger partial charge in [-0.1, -0.05) is 31.3 Å². The summed E-state index contributed by atoms with van der Waals surface area (Å²) in [4.78, 5) is 11.5. The lowest BCUT2D eigenvalue weighted by atomic mass is 9.97. The van der Waals surface area contributed by atoms with Gasteiger partial charge in [-0.15, -0.1) is 10.2 Å². The molecule has 1 aliphatic heterocycles. The Bertz CT molecular complexity index is 841. The molecule has 0 radical (unpaired) electrons. The zero-order valence-corrected chi connectivity index (χ0v) is 16.1. The molecule has 4 rings (SSSR count). The largest absolute Gasteiger partial charge is 0.346 e. The highest BCUT2D eigenvalue weighted by Gasteiger charge is 2.27. The number of pyridine rings is 1. The highest BCUT2D eigenvalue weighted by atomic mass is 32.1. The summed E-state index contributed by atoms with van der Waals surface area (Å²) in [5, 5.41) is 10.9. The first-order valence-corrected chi connectivity index (χ1v) is 10.0. The SMILES string of the molecule is CC(C)c1nnc(N2CCC[C@H](c3nccn3Cc3ccccn3)C2)s1. The summed E-state index contributed by atoms with van der Waals surface area (Å²) in [5.74, 6) is 1.99. The average molecular weight is 369 g/mol. The smallest absolute Gasteiger partial charge is 0.208 e. The Morgan fingerprint density at radius 1 is 1.19 bits per heavy atom. The lowest BCUT2D eigenvalue weighted by molar-refractivity contribution is 0.474. The third-order valence-corrected chi connectivity index (χ3v) is 6.07. The molecule has 1 fully saturated rings. The molecule has 4 heterocycles. The van der Waals surface area contributed by atoms with Crippen LogP contribution in [-0.2, 0) is 6.54 Å².